The van der Waals surface area contributed by atoms with Crippen LogP contribution in [0, 0.1) is 0 Å². The Balaban J connectivity index is 1.45. The second-order valence-electron chi connectivity index (χ2n) is 5.68. The molecule has 0 bridgehead atoms. The van der Waals surface area contributed by atoms with Gasteiger partial charge in [-0.15, -0.1) is 0 Å². The second kappa shape index (κ2) is 5.73. The van der Waals surface area contributed by atoms with Crippen molar-refractivity contribution >= 4 is 29.3 Å². The molecule has 1 fully saturated rings. The van der Waals surface area contributed by atoms with E-state index in [0.29, 0.717) is 12.8 Å². The van der Waals surface area contributed by atoms with E-state index < -0.39 is 6.04 Å². The van der Waals surface area contributed by atoms with Gasteiger partial charge >= 0.3 is 0 Å². The van der Waals surface area contributed by atoms with Gasteiger partial charge in [-0.2, -0.15) is 0 Å². The molecule has 2 aliphatic heterocycles. The van der Waals surface area contributed by atoms with E-state index in [2.05, 4.69) is 26.4 Å². The van der Waals surface area contributed by atoms with Crippen LogP contribution in [0.15, 0.2) is 35.6 Å². The summed E-state index contributed by atoms with van der Waals surface area (Å²) in [4.78, 5) is 27.8. The normalized spacial score (nSPS) is 19.5. The fraction of sp³-hybridized carbons (Fsp3) is 0.312. The zero-order chi connectivity index (χ0) is 15.8. The van der Waals surface area contributed by atoms with Crippen LogP contribution in [-0.4, -0.2) is 33.2 Å². The molecule has 3 heterocycles. The highest BCUT2D eigenvalue weighted by Gasteiger charge is 2.27. The molecule has 2 aromatic rings. The van der Waals surface area contributed by atoms with Crippen molar-refractivity contribution in [3.05, 3.63) is 30.5 Å². The zero-order valence-electron chi connectivity index (χ0n) is 12.4. The predicted molar refractivity (Wildman–Crippen MR) is 88.2 cm³/mol. The number of rotatable bonds is 3. The van der Waals surface area contributed by atoms with Gasteiger partial charge in [0.25, 0.3) is 0 Å². The molecule has 0 saturated carbocycles. The van der Waals surface area contributed by atoms with Crippen LogP contribution in [0.5, 0.6) is 0 Å². The zero-order valence-corrected chi connectivity index (χ0v) is 13.2. The average molecular weight is 328 g/mol. The first-order valence-corrected chi connectivity index (χ1v) is 8.58. The van der Waals surface area contributed by atoms with Gasteiger partial charge in [0.1, 0.15) is 6.04 Å². The van der Waals surface area contributed by atoms with Crippen molar-refractivity contribution in [2.24, 2.45) is 0 Å². The summed E-state index contributed by atoms with van der Waals surface area (Å²) >= 11 is 1.77. The molecule has 2 aliphatic rings. The van der Waals surface area contributed by atoms with E-state index in [1.54, 1.807) is 11.8 Å². The van der Waals surface area contributed by atoms with Crippen LogP contribution < -0.4 is 10.6 Å². The Bertz CT molecular complexity index is 747. The van der Waals surface area contributed by atoms with E-state index in [9.17, 15) is 9.59 Å². The number of imidazole rings is 1. The summed E-state index contributed by atoms with van der Waals surface area (Å²) in [5.74, 6) is 0.859. The van der Waals surface area contributed by atoms with Crippen LogP contribution in [0.1, 0.15) is 12.8 Å². The molecule has 0 spiro atoms. The van der Waals surface area contributed by atoms with E-state index in [-0.39, 0.29) is 11.8 Å². The second-order valence-corrected chi connectivity index (χ2v) is 6.74. The maximum atomic E-state index is 12.1. The molecular formula is C16H16N4O2S. The molecule has 1 atom stereocenters. The summed E-state index contributed by atoms with van der Waals surface area (Å²) in [5, 5.41) is 6.57. The van der Waals surface area contributed by atoms with Crippen molar-refractivity contribution in [2.75, 3.05) is 11.1 Å². The Morgan fingerprint density at radius 1 is 1.35 bits per heavy atom. The lowest BCUT2D eigenvalue weighted by Gasteiger charge is -2.11. The van der Waals surface area contributed by atoms with Gasteiger partial charge in [0, 0.05) is 36.2 Å². The van der Waals surface area contributed by atoms with E-state index >= 15 is 0 Å². The molecule has 1 saturated heterocycles. The number of nitrogens with zero attached hydrogens (tertiary/aromatic N) is 2. The molecule has 0 aliphatic carbocycles. The Labute approximate surface area is 137 Å². The number of carbonyl (C=O) groups excluding carboxylic acids is 2. The van der Waals surface area contributed by atoms with Gasteiger partial charge < -0.3 is 15.2 Å². The van der Waals surface area contributed by atoms with Gasteiger partial charge in [0.2, 0.25) is 11.8 Å². The highest BCUT2D eigenvalue weighted by molar-refractivity contribution is 7.99. The van der Waals surface area contributed by atoms with Crippen molar-refractivity contribution in [2.45, 2.75) is 30.6 Å². The number of fused-ring (bicyclic) bond motifs is 1. The van der Waals surface area contributed by atoms with E-state index in [4.69, 9.17) is 0 Å². The predicted octanol–water partition coefficient (Wildman–Crippen LogP) is 1.87. The fourth-order valence-corrected chi connectivity index (χ4v) is 3.76. The molecule has 4 rings (SSSR count). The summed E-state index contributed by atoms with van der Waals surface area (Å²) in [6.07, 6.45) is 3.04. The number of aromatic nitrogens is 2. The number of amides is 2. The lowest BCUT2D eigenvalue weighted by Crippen LogP contribution is -2.37. The summed E-state index contributed by atoms with van der Waals surface area (Å²) in [7, 11) is 0. The molecule has 1 aromatic carbocycles. The van der Waals surface area contributed by atoms with E-state index in [1.807, 2.05) is 24.3 Å². The third-order valence-corrected chi connectivity index (χ3v) is 5.03. The van der Waals surface area contributed by atoms with Crippen LogP contribution in [0.2, 0.25) is 0 Å². The highest BCUT2D eigenvalue weighted by Crippen LogP contribution is 2.29. The number of anilines is 1. The first kappa shape index (κ1) is 14.3. The Morgan fingerprint density at radius 2 is 2.17 bits per heavy atom. The number of nitrogens with one attached hydrogen (secondary N) is 2. The minimum absolute atomic E-state index is 0.0637. The molecule has 1 aromatic heterocycles. The van der Waals surface area contributed by atoms with Crippen molar-refractivity contribution in [1.29, 1.82) is 0 Å². The first-order valence-electron chi connectivity index (χ1n) is 7.60. The summed E-state index contributed by atoms with van der Waals surface area (Å²) in [6, 6.07) is 7.20. The quantitative estimate of drug-likeness (QED) is 0.902. The third-order valence-electron chi connectivity index (χ3n) is 4.06. The highest BCUT2D eigenvalue weighted by atomic mass is 32.2. The van der Waals surface area contributed by atoms with Crippen molar-refractivity contribution in [3.63, 3.8) is 0 Å². The van der Waals surface area contributed by atoms with Gasteiger partial charge in [0.05, 0.1) is 5.69 Å². The van der Waals surface area contributed by atoms with Gasteiger partial charge in [-0.05, 0) is 18.6 Å². The maximum Gasteiger partial charge on any atom is 0.246 e. The number of thioether (sulfide) groups is 1. The smallest absolute Gasteiger partial charge is 0.246 e. The molecule has 23 heavy (non-hydrogen) atoms. The summed E-state index contributed by atoms with van der Waals surface area (Å²) in [6.45, 7) is 1.01. The number of hydrogen-bond acceptors (Lipinski definition) is 4. The first-order chi connectivity index (χ1) is 11.2. The minimum Gasteiger partial charge on any atom is -0.344 e. The monoisotopic (exact) mass is 328 g/mol. The number of benzene rings is 1. The van der Waals surface area contributed by atoms with Crippen LogP contribution in [0.3, 0.4) is 0 Å². The molecule has 1 unspecified atom stereocenters. The largest absolute Gasteiger partial charge is 0.344 e. The SMILES string of the molecule is O=C1CCC(C(=O)Nc2ccc(-c3cn4c(n3)SCC4)cc2)N1. The molecular weight excluding hydrogens is 312 g/mol. The maximum absolute atomic E-state index is 12.1. The molecule has 118 valence electrons. The van der Waals surface area contributed by atoms with Gasteiger partial charge in [0.15, 0.2) is 5.16 Å². The van der Waals surface area contributed by atoms with Gasteiger partial charge in [-0.3, -0.25) is 9.59 Å². The summed E-state index contributed by atoms with van der Waals surface area (Å²) in [5.41, 5.74) is 2.70. The molecule has 6 nitrogen and oxygen atoms in total. The Kier molecular flexibility index (Phi) is 3.57. The topological polar surface area (TPSA) is 76.0 Å². The fourth-order valence-electron chi connectivity index (χ4n) is 2.81. The van der Waals surface area contributed by atoms with Crippen LogP contribution in [0.4, 0.5) is 5.69 Å². The van der Waals surface area contributed by atoms with Crippen molar-refractivity contribution in [3.8, 4) is 11.3 Å². The standard InChI is InChI=1S/C16H16N4O2S/c21-14-6-5-12(18-14)15(22)17-11-3-1-10(2-4-11)13-9-20-7-8-23-16(20)19-13/h1-4,9,12H,5-8H2,(H,17,22)(H,18,21). The Morgan fingerprint density at radius 3 is 2.87 bits per heavy atom. The van der Waals surface area contributed by atoms with Crippen LogP contribution in [-0.2, 0) is 16.1 Å². The average Bonchev–Trinajstić information content (AvgIpc) is 3.23. The number of aryl methyl sites for hydroxylation is 1. The molecule has 2 amide bonds. The van der Waals surface area contributed by atoms with Crippen molar-refractivity contribution in [1.82, 2.24) is 14.9 Å². The molecule has 7 heteroatoms. The molecule has 0 radical (unpaired) electrons. The molecule has 2 N–H and O–H groups in total. The lowest BCUT2D eigenvalue weighted by molar-refractivity contribution is -0.122. The number of hydrogen-bond donors (Lipinski definition) is 2. The van der Waals surface area contributed by atoms with Crippen LogP contribution >= 0.6 is 11.8 Å². The summed E-state index contributed by atoms with van der Waals surface area (Å²) < 4.78 is 2.17. The van der Waals surface area contributed by atoms with Crippen LogP contribution in [0.25, 0.3) is 11.3 Å². The number of carbonyl (C=O) groups is 2. The lowest BCUT2D eigenvalue weighted by atomic mass is 10.1. The van der Waals surface area contributed by atoms with E-state index in [1.165, 1.54) is 0 Å². The van der Waals surface area contributed by atoms with Crippen molar-refractivity contribution < 1.29 is 9.59 Å². The van der Waals surface area contributed by atoms with Gasteiger partial charge in [-0.1, -0.05) is 23.9 Å². The van der Waals surface area contributed by atoms with Gasteiger partial charge in [-0.25, -0.2) is 4.98 Å². The van der Waals surface area contributed by atoms with E-state index in [0.717, 1.165) is 34.4 Å². The Hall–Kier alpha value is -2.28. The minimum atomic E-state index is -0.421. The third kappa shape index (κ3) is 2.84.